The lowest BCUT2D eigenvalue weighted by Crippen LogP contribution is -2.33. The maximum atomic E-state index is 12.1. The molecule has 2 unspecified atom stereocenters. The minimum Gasteiger partial charge on any atom is -0.350 e. The van der Waals surface area contributed by atoms with E-state index in [0.717, 1.165) is 17.3 Å². The molecule has 100 valence electrons. The van der Waals surface area contributed by atoms with E-state index in [4.69, 9.17) is 11.6 Å². The van der Waals surface area contributed by atoms with Crippen LogP contribution >= 0.6 is 27.5 Å². The second-order valence-electron chi connectivity index (χ2n) is 4.75. The largest absolute Gasteiger partial charge is 0.350 e. The minimum absolute atomic E-state index is 0.114. The molecule has 0 aliphatic heterocycles. The highest BCUT2D eigenvalue weighted by Gasteiger charge is 2.14. The molecule has 0 aromatic heterocycles. The Morgan fingerprint density at radius 3 is 2.72 bits per heavy atom. The summed E-state index contributed by atoms with van der Waals surface area (Å²) in [5.41, 5.74) is 0.516. The number of nitrogens with one attached hydrogen (secondary N) is 1. The Balaban J connectivity index is 2.67. The molecule has 0 spiro atoms. The van der Waals surface area contributed by atoms with Crippen LogP contribution in [0.15, 0.2) is 22.7 Å². The molecule has 0 radical (unpaired) electrons. The van der Waals surface area contributed by atoms with Gasteiger partial charge in [-0.3, -0.25) is 4.79 Å². The van der Waals surface area contributed by atoms with Gasteiger partial charge < -0.3 is 5.32 Å². The predicted octanol–water partition coefficient (Wildman–Crippen LogP) is 4.66. The fourth-order valence-corrected chi connectivity index (χ4v) is 2.37. The summed E-state index contributed by atoms with van der Waals surface area (Å²) in [6.45, 7) is 6.37. The first-order chi connectivity index (χ1) is 8.43. The molecule has 2 atom stereocenters. The average Bonchev–Trinajstić information content (AvgIpc) is 2.31. The number of benzene rings is 1. The van der Waals surface area contributed by atoms with E-state index < -0.39 is 0 Å². The third kappa shape index (κ3) is 4.62. The standard InChI is InChI=1S/C14H19BrClNO/c1-4-9(2)7-10(3)17-14(18)12-8-11(15)5-6-13(12)16/h5-6,8-10H,4,7H2,1-3H3,(H,17,18). The Kier molecular flexibility index (Phi) is 6.16. The van der Waals surface area contributed by atoms with E-state index in [1.54, 1.807) is 12.1 Å². The first-order valence-electron chi connectivity index (χ1n) is 6.20. The van der Waals surface area contributed by atoms with Crippen molar-refractivity contribution in [3.8, 4) is 0 Å². The molecule has 0 fully saturated rings. The van der Waals surface area contributed by atoms with Gasteiger partial charge in [-0.2, -0.15) is 0 Å². The summed E-state index contributed by atoms with van der Waals surface area (Å²) in [6, 6.07) is 5.44. The molecular weight excluding hydrogens is 314 g/mol. The van der Waals surface area contributed by atoms with Gasteiger partial charge >= 0.3 is 0 Å². The summed E-state index contributed by atoms with van der Waals surface area (Å²) >= 11 is 9.37. The van der Waals surface area contributed by atoms with Crippen LogP contribution in [0.25, 0.3) is 0 Å². The monoisotopic (exact) mass is 331 g/mol. The van der Waals surface area contributed by atoms with Gasteiger partial charge in [0.2, 0.25) is 0 Å². The van der Waals surface area contributed by atoms with Gasteiger partial charge in [-0.1, -0.05) is 47.8 Å². The molecule has 0 saturated heterocycles. The van der Waals surface area contributed by atoms with Gasteiger partial charge in [-0.05, 0) is 37.5 Å². The topological polar surface area (TPSA) is 29.1 Å². The highest BCUT2D eigenvalue weighted by atomic mass is 79.9. The molecule has 1 N–H and O–H groups in total. The Hall–Kier alpha value is -0.540. The van der Waals surface area contributed by atoms with E-state index >= 15 is 0 Å². The molecular formula is C14H19BrClNO. The van der Waals surface area contributed by atoms with Crippen LogP contribution in [0.2, 0.25) is 5.02 Å². The summed E-state index contributed by atoms with van der Waals surface area (Å²) in [5.74, 6) is 0.496. The zero-order chi connectivity index (χ0) is 13.7. The van der Waals surface area contributed by atoms with Crippen LogP contribution in [0.1, 0.15) is 44.0 Å². The lowest BCUT2D eigenvalue weighted by Gasteiger charge is -2.18. The summed E-state index contributed by atoms with van der Waals surface area (Å²) in [6.07, 6.45) is 2.10. The van der Waals surface area contributed by atoms with E-state index in [9.17, 15) is 4.79 Å². The average molecular weight is 333 g/mol. The van der Waals surface area contributed by atoms with Crippen molar-refractivity contribution in [3.05, 3.63) is 33.3 Å². The van der Waals surface area contributed by atoms with Crippen LogP contribution < -0.4 is 5.32 Å². The highest BCUT2D eigenvalue weighted by Crippen LogP contribution is 2.21. The third-order valence-electron chi connectivity index (χ3n) is 3.00. The lowest BCUT2D eigenvalue weighted by atomic mass is 10.00. The number of halogens is 2. The third-order valence-corrected chi connectivity index (χ3v) is 3.83. The zero-order valence-electron chi connectivity index (χ0n) is 11.0. The molecule has 4 heteroatoms. The molecule has 1 rings (SSSR count). The first-order valence-corrected chi connectivity index (χ1v) is 7.37. The van der Waals surface area contributed by atoms with E-state index in [1.165, 1.54) is 0 Å². The van der Waals surface area contributed by atoms with E-state index in [2.05, 4.69) is 35.1 Å². The quantitative estimate of drug-likeness (QED) is 0.835. The van der Waals surface area contributed by atoms with Gasteiger partial charge in [0.15, 0.2) is 0 Å². The van der Waals surface area contributed by atoms with Crippen LogP contribution in [0.5, 0.6) is 0 Å². The smallest absolute Gasteiger partial charge is 0.253 e. The number of hydrogen-bond donors (Lipinski definition) is 1. The van der Waals surface area contributed by atoms with Crippen LogP contribution in [0.3, 0.4) is 0 Å². The zero-order valence-corrected chi connectivity index (χ0v) is 13.3. The Morgan fingerprint density at radius 2 is 2.11 bits per heavy atom. The van der Waals surface area contributed by atoms with Crippen molar-refractivity contribution in [2.24, 2.45) is 5.92 Å². The Bertz CT molecular complexity index is 422. The van der Waals surface area contributed by atoms with Gasteiger partial charge in [0.05, 0.1) is 10.6 Å². The molecule has 0 saturated carbocycles. The van der Waals surface area contributed by atoms with Gasteiger partial charge in [0.25, 0.3) is 5.91 Å². The van der Waals surface area contributed by atoms with Gasteiger partial charge in [-0.25, -0.2) is 0 Å². The predicted molar refractivity (Wildman–Crippen MR) is 80.2 cm³/mol. The highest BCUT2D eigenvalue weighted by molar-refractivity contribution is 9.10. The van der Waals surface area contributed by atoms with E-state index in [1.807, 2.05) is 13.0 Å². The molecule has 2 nitrogen and oxygen atoms in total. The molecule has 0 aliphatic rings. The van der Waals surface area contributed by atoms with Gasteiger partial charge in [0.1, 0.15) is 0 Å². The normalized spacial score (nSPS) is 14.1. The van der Waals surface area contributed by atoms with Crippen molar-refractivity contribution in [1.29, 1.82) is 0 Å². The molecule has 1 aromatic rings. The lowest BCUT2D eigenvalue weighted by molar-refractivity contribution is 0.0935. The second-order valence-corrected chi connectivity index (χ2v) is 6.07. The van der Waals surface area contributed by atoms with Gasteiger partial charge in [-0.15, -0.1) is 0 Å². The molecule has 0 bridgehead atoms. The summed E-state index contributed by atoms with van der Waals surface area (Å²) in [5, 5.41) is 3.46. The number of rotatable bonds is 5. The van der Waals surface area contributed by atoms with Crippen LogP contribution in [0.4, 0.5) is 0 Å². The van der Waals surface area contributed by atoms with Crippen molar-refractivity contribution >= 4 is 33.4 Å². The number of carbonyl (C=O) groups excluding carboxylic acids is 1. The Morgan fingerprint density at radius 1 is 1.44 bits per heavy atom. The maximum Gasteiger partial charge on any atom is 0.253 e. The molecule has 1 aromatic carbocycles. The fourth-order valence-electron chi connectivity index (χ4n) is 1.80. The number of amides is 1. The van der Waals surface area contributed by atoms with Gasteiger partial charge in [0, 0.05) is 10.5 Å². The number of hydrogen-bond acceptors (Lipinski definition) is 1. The van der Waals surface area contributed by atoms with Crippen LogP contribution in [0, 0.1) is 5.92 Å². The SMILES string of the molecule is CCC(C)CC(C)NC(=O)c1cc(Br)ccc1Cl. The van der Waals surface area contributed by atoms with Crippen molar-refractivity contribution < 1.29 is 4.79 Å². The van der Waals surface area contributed by atoms with Crippen molar-refractivity contribution in [3.63, 3.8) is 0 Å². The first kappa shape index (κ1) is 15.5. The van der Waals surface area contributed by atoms with Crippen molar-refractivity contribution in [2.45, 2.75) is 39.7 Å². The molecule has 0 aliphatic carbocycles. The number of carbonyl (C=O) groups is 1. The van der Waals surface area contributed by atoms with E-state index in [0.29, 0.717) is 16.5 Å². The molecule has 18 heavy (non-hydrogen) atoms. The minimum atomic E-state index is -0.114. The van der Waals surface area contributed by atoms with Crippen molar-refractivity contribution in [1.82, 2.24) is 5.32 Å². The van der Waals surface area contributed by atoms with Crippen LogP contribution in [-0.4, -0.2) is 11.9 Å². The molecule has 1 amide bonds. The van der Waals surface area contributed by atoms with Crippen molar-refractivity contribution in [2.75, 3.05) is 0 Å². The van der Waals surface area contributed by atoms with E-state index in [-0.39, 0.29) is 11.9 Å². The summed E-state index contributed by atoms with van der Waals surface area (Å²) < 4.78 is 0.853. The molecule has 0 heterocycles. The maximum absolute atomic E-state index is 12.1. The Labute approximate surface area is 122 Å². The summed E-state index contributed by atoms with van der Waals surface area (Å²) in [4.78, 5) is 12.1. The van der Waals surface area contributed by atoms with Crippen LogP contribution in [-0.2, 0) is 0 Å². The fraction of sp³-hybridized carbons (Fsp3) is 0.500. The second kappa shape index (κ2) is 7.15. The summed E-state index contributed by atoms with van der Waals surface area (Å²) in [7, 11) is 0.